The van der Waals surface area contributed by atoms with Crippen LogP contribution in [-0.4, -0.2) is 13.2 Å². The monoisotopic (exact) mass is 508 g/mol. The molecule has 1 aliphatic carbocycles. The number of rotatable bonds is 10. The van der Waals surface area contributed by atoms with Crippen LogP contribution < -0.4 is 9.47 Å². The van der Waals surface area contributed by atoms with Crippen molar-refractivity contribution in [3.63, 3.8) is 0 Å². The van der Waals surface area contributed by atoms with Crippen LogP contribution in [0.25, 0.3) is 17.2 Å². The number of hydrogen-bond donors (Lipinski definition) is 0. The standard InChI is InChI=1S/C32H35F3O2/c1-3-5-20-37-26-15-12-24(13-16-26)29-18-14-25(31(34)32(29)35)11-8-22-6-9-23(10-7-22)28-19-17-27(36-4-2)21-30(28)33/h8,11-19,21-23H,3-7,9-10,20H2,1-2H3/b11-8+. The second-order valence-electron chi connectivity index (χ2n) is 9.64. The Morgan fingerprint density at radius 3 is 2.22 bits per heavy atom. The average molecular weight is 509 g/mol. The van der Waals surface area contributed by atoms with Gasteiger partial charge in [0.25, 0.3) is 0 Å². The van der Waals surface area contributed by atoms with E-state index in [0.717, 1.165) is 49.8 Å². The summed E-state index contributed by atoms with van der Waals surface area (Å²) in [7, 11) is 0. The molecule has 3 aromatic carbocycles. The molecule has 1 aliphatic rings. The Hall–Kier alpha value is -3.21. The van der Waals surface area contributed by atoms with E-state index in [-0.39, 0.29) is 28.8 Å². The summed E-state index contributed by atoms with van der Waals surface area (Å²) in [4.78, 5) is 0. The molecule has 0 amide bonds. The molecule has 1 fully saturated rings. The molecule has 0 bridgehead atoms. The van der Waals surface area contributed by atoms with Crippen LogP contribution in [0, 0.1) is 23.4 Å². The van der Waals surface area contributed by atoms with Crippen molar-refractivity contribution >= 4 is 6.08 Å². The van der Waals surface area contributed by atoms with E-state index in [2.05, 4.69) is 6.92 Å². The molecule has 2 nitrogen and oxygen atoms in total. The minimum Gasteiger partial charge on any atom is -0.494 e. The molecule has 0 atom stereocenters. The molecule has 196 valence electrons. The van der Waals surface area contributed by atoms with Crippen molar-refractivity contribution in [2.24, 2.45) is 5.92 Å². The zero-order chi connectivity index (χ0) is 26.2. The van der Waals surface area contributed by atoms with E-state index in [0.29, 0.717) is 24.5 Å². The quantitative estimate of drug-likeness (QED) is 0.254. The molecule has 37 heavy (non-hydrogen) atoms. The minimum absolute atomic E-state index is 0.164. The molecular formula is C32H35F3O2. The first-order valence-electron chi connectivity index (χ1n) is 13.3. The number of unbranched alkanes of at least 4 members (excludes halogenated alkanes) is 1. The first kappa shape index (κ1) is 26.8. The number of halogens is 3. The molecule has 0 spiro atoms. The van der Waals surface area contributed by atoms with Crippen LogP contribution in [0.4, 0.5) is 13.2 Å². The van der Waals surface area contributed by atoms with Crippen molar-refractivity contribution in [3.05, 3.63) is 89.3 Å². The maximum absolute atomic E-state index is 14.9. The van der Waals surface area contributed by atoms with Gasteiger partial charge in [-0.05, 0) is 80.2 Å². The van der Waals surface area contributed by atoms with E-state index in [1.807, 2.05) is 25.1 Å². The molecule has 0 heterocycles. The largest absolute Gasteiger partial charge is 0.494 e. The van der Waals surface area contributed by atoms with Crippen molar-refractivity contribution < 1.29 is 22.6 Å². The Balaban J connectivity index is 1.37. The summed E-state index contributed by atoms with van der Waals surface area (Å²) >= 11 is 0. The fraction of sp³-hybridized carbons (Fsp3) is 0.375. The summed E-state index contributed by atoms with van der Waals surface area (Å²) in [5.74, 6) is -0.229. The predicted octanol–water partition coefficient (Wildman–Crippen LogP) is 9.34. The van der Waals surface area contributed by atoms with Crippen LogP contribution in [0.5, 0.6) is 11.5 Å². The second kappa shape index (κ2) is 12.8. The van der Waals surface area contributed by atoms with E-state index in [1.54, 1.807) is 42.5 Å². The van der Waals surface area contributed by atoms with Crippen LogP contribution in [0.1, 0.15) is 69.4 Å². The number of hydrogen-bond acceptors (Lipinski definition) is 2. The van der Waals surface area contributed by atoms with Gasteiger partial charge in [0.2, 0.25) is 0 Å². The van der Waals surface area contributed by atoms with Crippen LogP contribution in [0.2, 0.25) is 0 Å². The fourth-order valence-corrected chi connectivity index (χ4v) is 4.94. The van der Waals surface area contributed by atoms with Gasteiger partial charge < -0.3 is 9.47 Å². The zero-order valence-corrected chi connectivity index (χ0v) is 21.6. The summed E-state index contributed by atoms with van der Waals surface area (Å²) < 4.78 is 55.4. The van der Waals surface area contributed by atoms with Crippen molar-refractivity contribution in [2.45, 2.75) is 58.3 Å². The molecule has 0 unspecified atom stereocenters. The molecule has 0 aliphatic heterocycles. The van der Waals surface area contributed by atoms with E-state index in [4.69, 9.17) is 9.47 Å². The van der Waals surface area contributed by atoms with Gasteiger partial charge in [-0.1, -0.05) is 55.8 Å². The molecular weight excluding hydrogens is 473 g/mol. The third kappa shape index (κ3) is 6.76. The van der Waals surface area contributed by atoms with Crippen LogP contribution in [0.15, 0.2) is 60.7 Å². The maximum Gasteiger partial charge on any atom is 0.167 e. The third-order valence-corrected chi connectivity index (χ3v) is 7.09. The van der Waals surface area contributed by atoms with Gasteiger partial charge in [-0.3, -0.25) is 0 Å². The lowest BCUT2D eigenvalue weighted by molar-refractivity contribution is 0.309. The first-order valence-corrected chi connectivity index (χ1v) is 13.3. The molecule has 4 rings (SSSR count). The van der Waals surface area contributed by atoms with Gasteiger partial charge in [0, 0.05) is 17.2 Å². The van der Waals surface area contributed by atoms with E-state index in [9.17, 15) is 13.2 Å². The summed E-state index contributed by atoms with van der Waals surface area (Å²) in [5, 5.41) is 0. The summed E-state index contributed by atoms with van der Waals surface area (Å²) in [6, 6.07) is 15.4. The first-order chi connectivity index (χ1) is 18.0. The van der Waals surface area contributed by atoms with Crippen molar-refractivity contribution in [2.75, 3.05) is 13.2 Å². The number of allylic oxidation sites excluding steroid dienone is 1. The Morgan fingerprint density at radius 1 is 0.811 bits per heavy atom. The van der Waals surface area contributed by atoms with E-state index < -0.39 is 11.6 Å². The molecule has 0 saturated heterocycles. The normalized spacial score (nSPS) is 17.8. The SMILES string of the molecule is CCCCOc1ccc(-c2ccc(/C=C/C3CCC(c4ccc(OCC)cc4F)CC3)c(F)c2F)cc1. The molecule has 0 N–H and O–H groups in total. The van der Waals surface area contributed by atoms with Gasteiger partial charge in [-0.2, -0.15) is 0 Å². The van der Waals surface area contributed by atoms with Gasteiger partial charge in [0.1, 0.15) is 17.3 Å². The highest BCUT2D eigenvalue weighted by Crippen LogP contribution is 2.38. The highest BCUT2D eigenvalue weighted by atomic mass is 19.2. The Labute approximate surface area is 218 Å². The Kier molecular flexibility index (Phi) is 9.32. The summed E-state index contributed by atoms with van der Waals surface area (Å²) in [6.07, 6.45) is 9.13. The maximum atomic E-state index is 14.9. The third-order valence-electron chi connectivity index (χ3n) is 7.09. The average Bonchev–Trinajstić information content (AvgIpc) is 2.91. The van der Waals surface area contributed by atoms with Crippen LogP contribution in [-0.2, 0) is 0 Å². The van der Waals surface area contributed by atoms with Gasteiger partial charge in [0.15, 0.2) is 11.6 Å². The molecule has 1 saturated carbocycles. The van der Waals surface area contributed by atoms with Gasteiger partial charge in [-0.15, -0.1) is 0 Å². The van der Waals surface area contributed by atoms with Crippen molar-refractivity contribution in [3.8, 4) is 22.6 Å². The summed E-state index contributed by atoms with van der Waals surface area (Å²) in [6.45, 7) is 5.12. The van der Waals surface area contributed by atoms with Gasteiger partial charge in [-0.25, -0.2) is 13.2 Å². The molecule has 5 heteroatoms. The van der Waals surface area contributed by atoms with Crippen molar-refractivity contribution in [1.82, 2.24) is 0 Å². The molecule has 3 aromatic rings. The number of benzene rings is 3. The Morgan fingerprint density at radius 2 is 1.54 bits per heavy atom. The van der Waals surface area contributed by atoms with E-state index >= 15 is 0 Å². The summed E-state index contributed by atoms with van der Waals surface area (Å²) in [5.41, 5.74) is 1.80. The zero-order valence-electron chi connectivity index (χ0n) is 21.6. The molecule has 0 radical (unpaired) electrons. The van der Waals surface area contributed by atoms with Gasteiger partial charge in [0.05, 0.1) is 13.2 Å². The molecule has 0 aromatic heterocycles. The lowest BCUT2D eigenvalue weighted by Crippen LogP contribution is -2.13. The number of ether oxygens (including phenoxy) is 2. The van der Waals surface area contributed by atoms with Gasteiger partial charge >= 0.3 is 0 Å². The fourth-order valence-electron chi connectivity index (χ4n) is 4.94. The van der Waals surface area contributed by atoms with Crippen LogP contribution >= 0.6 is 0 Å². The van der Waals surface area contributed by atoms with Crippen LogP contribution in [0.3, 0.4) is 0 Å². The smallest absolute Gasteiger partial charge is 0.167 e. The second-order valence-corrected chi connectivity index (χ2v) is 9.64. The van der Waals surface area contributed by atoms with Crippen molar-refractivity contribution in [1.29, 1.82) is 0 Å². The Bertz CT molecular complexity index is 1200. The lowest BCUT2D eigenvalue weighted by atomic mass is 9.78. The topological polar surface area (TPSA) is 18.5 Å². The predicted molar refractivity (Wildman–Crippen MR) is 143 cm³/mol. The van der Waals surface area contributed by atoms with E-state index in [1.165, 1.54) is 6.07 Å². The highest BCUT2D eigenvalue weighted by molar-refractivity contribution is 5.67. The minimum atomic E-state index is -0.850. The highest BCUT2D eigenvalue weighted by Gasteiger charge is 2.23. The lowest BCUT2D eigenvalue weighted by Gasteiger charge is -2.27.